The Morgan fingerprint density at radius 1 is 1.39 bits per heavy atom. The molecule has 0 aliphatic heterocycles. The Morgan fingerprint density at radius 3 is 2.61 bits per heavy atom. The van der Waals surface area contributed by atoms with Crippen molar-refractivity contribution in [2.75, 3.05) is 12.3 Å². The standard InChI is InChI=1S/C12H15F2NO3/c1-7(2)18-12(16)9-5-8(15)3-4-10(9)17-6-11(13)14/h3-5,7,11H,6,15H2,1-2H3. The molecule has 0 amide bonds. The van der Waals surface area contributed by atoms with E-state index in [1.165, 1.54) is 18.2 Å². The maximum absolute atomic E-state index is 12.1. The fourth-order valence-corrected chi connectivity index (χ4v) is 1.26. The van der Waals surface area contributed by atoms with E-state index in [-0.39, 0.29) is 17.4 Å². The maximum atomic E-state index is 12.1. The quantitative estimate of drug-likeness (QED) is 0.651. The van der Waals surface area contributed by atoms with Crippen LogP contribution in [-0.2, 0) is 4.74 Å². The van der Waals surface area contributed by atoms with Crippen LogP contribution in [0, 0.1) is 0 Å². The van der Waals surface area contributed by atoms with Crippen molar-refractivity contribution >= 4 is 11.7 Å². The first-order valence-electron chi connectivity index (χ1n) is 5.41. The molecule has 0 aromatic heterocycles. The highest BCUT2D eigenvalue weighted by Crippen LogP contribution is 2.23. The molecule has 0 heterocycles. The van der Waals surface area contributed by atoms with E-state index in [9.17, 15) is 13.6 Å². The third kappa shape index (κ3) is 4.20. The van der Waals surface area contributed by atoms with E-state index in [1.807, 2.05) is 0 Å². The lowest BCUT2D eigenvalue weighted by Crippen LogP contribution is -2.15. The molecule has 100 valence electrons. The van der Waals surface area contributed by atoms with Gasteiger partial charge in [-0.2, -0.15) is 0 Å². The summed E-state index contributed by atoms with van der Waals surface area (Å²) in [5.74, 6) is -0.614. The molecule has 0 saturated carbocycles. The number of hydrogen-bond donors (Lipinski definition) is 1. The van der Waals surface area contributed by atoms with Crippen molar-refractivity contribution in [3.63, 3.8) is 0 Å². The molecule has 0 radical (unpaired) electrons. The average molecular weight is 259 g/mol. The number of carbonyl (C=O) groups excluding carboxylic acids is 1. The first kappa shape index (κ1) is 14.2. The summed E-state index contributed by atoms with van der Waals surface area (Å²) >= 11 is 0. The van der Waals surface area contributed by atoms with E-state index in [2.05, 4.69) is 0 Å². The van der Waals surface area contributed by atoms with Crippen molar-refractivity contribution in [2.24, 2.45) is 0 Å². The van der Waals surface area contributed by atoms with Gasteiger partial charge in [0.1, 0.15) is 17.9 Å². The average Bonchev–Trinajstić information content (AvgIpc) is 2.26. The molecule has 1 aromatic rings. The zero-order valence-corrected chi connectivity index (χ0v) is 10.2. The van der Waals surface area contributed by atoms with Crippen LogP contribution in [0.3, 0.4) is 0 Å². The van der Waals surface area contributed by atoms with Crippen molar-refractivity contribution in [3.05, 3.63) is 23.8 Å². The number of hydrogen-bond acceptors (Lipinski definition) is 4. The Morgan fingerprint density at radius 2 is 2.06 bits per heavy atom. The van der Waals surface area contributed by atoms with Crippen LogP contribution >= 0.6 is 0 Å². The molecular weight excluding hydrogens is 244 g/mol. The number of alkyl halides is 2. The van der Waals surface area contributed by atoms with Crippen LogP contribution < -0.4 is 10.5 Å². The molecule has 0 unspecified atom stereocenters. The topological polar surface area (TPSA) is 61.5 Å². The molecule has 0 bridgehead atoms. The maximum Gasteiger partial charge on any atom is 0.342 e. The van der Waals surface area contributed by atoms with E-state index >= 15 is 0 Å². The van der Waals surface area contributed by atoms with Gasteiger partial charge >= 0.3 is 5.97 Å². The lowest BCUT2D eigenvalue weighted by atomic mass is 10.2. The van der Waals surface area contributed by atoms with Gasteiger partial charge in [0, 0.05) is 5.69 Å². The van der Waals surface area contributed by atoms with Crippen molar-refractivity contribution in [2.45, 2.75) is 26.4 Å². The van der Waals surface area contributed by atoms with Crippen LogP contribution in [0.15, 0.2) is 18.2 Å². The van der Waals surface area contributed by atoms with Crippen LogP contribution in [0.5, 0.6) is 5.75 Å². The normalized spacial score (nSPS) is 10.8. The lowest BCUT2D eigenvalue weighted by molar-refractivity contribution is 0.0365. The fraction of sp³-hybridized carbons (Fsp3) is 0.417. The molecule has 0 aliphatic rings. The summed E-state index contributed by atoms with van der Waals surface area (Å²) < 4.78 is 34.0. The highest BCUT2D eigenvalue weighted by atomic mass is 19.3. The number of ether oxygens (including phenoxy) is 2. The summed E-state index contributed by atoms with van der Waals surface area (Å²) in [6.07, 6.45) is -2.93. The number of carbonyl (C=O) groups is 1. The zero-order chi connectivity index (χ0) is 13.7. The van der Waals surface area contributed by atoms with Gasteiger partial charge in [0.15, 0.2) is 0 Å². The number of benzene rings is 1. The zero-order valence-electron chi connectivity index (χ0n) is 10.2. The second-order valence-corrected chi connectivity index (χ2v) is 3.91. The number of nitrogens with two attached hydrogens (primary N) is 1. The number of anilines is 1. The molecule has 0 spiro atoms. The van der Waals surface area contributed by atoms with Gasteiger partial charge in [-0.15, -0.1) is 0 Å². The van der Waals surface area contributed by atoms with Gasteiger partial charge in [-0.1, -0.05) is 0 Å². The third-order valence-electron chi connectivity index (χ3n) is 1.93. The van der Waals surface area contributed by atoms with E-state index in [0.717, 1.165) is 0 Å². The minimum Gasteiger partial charge on any atom is -0.487 e. The van der Waals surface area contributed by atoms with Crippen molar-refractivity contribution in [1.29, 1.82) is 0 Å². The van der Waals surface area contributed by atoms with Gasteiger partial charge in [-0.05, 0) is 32.0 Å². The molecule has 0 saturated heterocycles. The number of halogens is 2. The minimum atomic E-state index is -2.61. The van der Waals surface area contributed by atoms with Crippen LogP contribution in [0.2, 0.25) is 0 Å². The molecule has 0 aliphatic carbocycles. The summed E-state index contributed by atoms with van der Waals surface area (Å²) in [6.45, 7) is 2.58. The highest BCUT2D eigenvalue weighted by molar-refractivity contribution is 5.93. The fourth-order valence-electron chi connectivity index (χ4n) is 1.26. The lowest BCUT2D eigenvalue weighted by Gasteiger charge is -2.13. The number of nitrogen functional groups attached to an aromatic ring is 1. The second kappa shape index (κ2) is 6.18. The van der Waals surface area contributed by atoms with Gasteiger partial charge in [-0.25, -0.2) is 13.6 Å². The molecule has 18 heavy (non-hydrogen) atoms. The van der Waals surface area contributed by atoms with E-state index < -0.39 is 19.0 Å². The molecule has 1 rings (SSSR count). The Labute approximate surface area is 104 Å². The third-order valence-corrected chi connectivity index (χ3v) is 1.93. The van der Waals surface area contributed by atoms with Crippen LogP contribution in [0.4, 0.5) is 14.5 Å². The molecule has 6 heteroatoms. The van der Waals surface area contributed by atoms with Gasteiger partial charge in [0.25, 0.3) is 6.43 Å². The van der Waals surface area contributed by atoms with E-state index in [0.29, 0.717) is 5.69 Å². The molecule has 1 aromatic carbocycles. The summed E-state index contributed by atoms with van der Waals surface area (Å²) in [4.78, 5) is 11.7. The smallest absolute Gasteiger partial charge is 0.342 e. The van der Waals surface area contributed by atoms with E-state index in [1.54, 1.807) is 13.8 Å². The molecule has 2 N–H and O–H groups in total. The summed E-state index contributed by atoms with van der Waals surface area (Å²) in [5.41, 5.74) is 5.92. The Kier molecular flexibility index (Phi) is 4.88. The summed E-state index contributed by atoms with van der Waals surface area (Å²) in [7, 11) is 0. The van der Waals surface area contributed by atoms with Crippen LogP contribution in [0.25, 0.3) is 0 Å². The largest absolute Gasteiger partial charge is 0.487 e. The van der Waals surface area contributed by atoms with Crippen molar-refractivity contribution in [3.8, 4) is 5.75 Å². The van der Waals surface area contributed by atoms with Gasteiger partial charge in [0.2, 0.25) is 0 Å². The highest BCUT2D eigenvalue weighted by Gasteiger charge is 2.17. The Hall–Kier alpha value is -1.85. The van der Waals surface area contributed by atoms with Gasteiger partial charge in [0.05, 0.1) is 6.10 Å². The van der Waals surface area contributed by atoms with Crippen LogP contribution in [0.1, 0.15) is 24.2 Å². The number of rotatable bonds is 5. The Bertz CT molecular complexity index is 422. The Balaban J connectivity index is 2.92. The predicted molar refractivity (Wildman–Crippen MR) is 62.9 cm³/mol. The van der Waals surface area contributed by atoms with Gasteiger partial charge in [-0.3, -0.25) is 0 Å². The first-order valence-corrected chi connectivity index (χ1v) is 5.41. The first-order chi connectivity index (χ1) is 8.40. The van der Waals surface area contributed by atoms with Gasteiger partial charge < -0.3 is 15.2 Å². The molecule has 0 fully saturated rings. The van der Waals surface area contributed by atoms with Crippen LogP contribution in [-0.4, -0.2) is 25.1 Å². The predicted octanol–water partition coefficient (Wildman–Crippen LogP) is 2.48. The summed E-state index contributed by atoms with van der Waals surface area (Å²) in [6, 6.07) is 4.17. The second-order valence-electron chi connectivity index (χ2n) is 3.91. The number of esters is 1. The molecule has 0 atom stereocenters. The van der Waals surface area contributed by atoms with Crippen molar-refractivity contribution in [1.82, 2.24) is 0 Å². The van der Waals surface area contributed by atoms with E-state index in [4.69, 9.17) is 15.2 Å². The molecular formula is C12H15F2NO3. The minimum absolute atomic E-state index is 0.0372. The SMILES string of the molecule is CC(C)OC(=O)c1cc(N)ccc1OCC(F)F. The summed E-state index contributed by atoms with van der Waals surface area (Å²) in [5, 5.41) is 0. The molecule has 4 nitrogen and oxygen atoms in total. The van der Waals surface area contributed by atoms with Crippen molar-refractivity contribution < 1.29 is 23.0 Å². The monoisotopic (exact) mass is 259 g/mol.